The highest BCUT2D eigenvalue weighted by molar-refractivity contribution is 6.32. The van der Waals surface area contributed by atoms with Crippen molar-refractivity contribution in [1.29, 1.82) is 0 Å². The molecule has 0 radical (unpaired) electrons. The Bertz CT molecular complexity index is 764. The van der Waals surface area contributed by atoms with Crippen molar-refractivity contribution in [1.82, 2.24) is 0 Å². The fourth-order valence-corrected chi connectivity index (χ4v) is 3.03. The van der Waals surface area contributed by atoms with Gasteiger partial charge in [0.15, 0.2) is 23.0 Å². The Kier molecular flexibility index (Phi) is 8.30. The Balaban J connectivity index is 1.93. The van der Waals surface area contributed by atoms with Crippen molar-refractivity contribution < 1.29 is 24.3 Å². The van der Waals surface area contributed by atoms with Crippen LogP contribution in [0.15, 0.2) is 43.0 Å². The molecule has 0 aliphatic rings. The molecule has 6 heteroatoms. The van der Waals surface area contributed by atoms with E-state index in [0.717, 1.165) is 36.6 Å². The minimum Gasteiger partial charge on any atom is -0.493 e. The van der Waals surface area contributed by atoms with E-state index in [9.17, 15) is 0 Å². The zero-order valence-electron chi connectivity index (χ0n) is 16.1. The topological polar surface area (TPSA) is 53.5 Å². The van der Waals surface area contributed by atoms with Crippen molar-refractivity contribution in [2.24, 2.45) is 0 Å². The fraction of sp³-hybridized carbons (Fsp3) is 0.333. The molecule has 5 nitrogen and oxygen atoms in total. The van der Waals surface area contributed by atoms with E-state index in [0.29, 0.717) is 23.1 Å². The number of nitrogens with two attached hydrogens (primary N) is 1. The summed E-state index contributed by atoms with van der Waals surface area (Å²) in [5, 5.41) is 2.77. The van der Waals surface area contributed by atoms with Crippen LogP contribution in [0.4, 0.5) is 0 Å². The third-order valence-corrected chi connectivity index (χ3v) is 4.38. The number of rotatable bonds is 11. The smallest absolute Gasteiger partial charge is 0.180 e. The number of hydrogen-bond donors (Lipinski definition) is 1. The average Bonchev–Trinajstić information content (AvgIpc) is 2.69. The van der Waals surface area contributed by atoms with Crippen LogP contribution in [0.2, 0.25) is 5.02 Å². The molecule has 2 rings (SSSR count). The Morgan fingerprint density at radius 2 is 1.67 bits per heavy atom. The average molecular weight is 393 g/mol. The van der Waals surface area contributed by atoms with Crippen LogP contribution in [0.3, 0.4) is 0 Å². The standard InChI is InChI=1S/C21H26ClNO4/c1-5-10-27-21-17(22)11-16(13-20(21)26-4)14-23-9-8-15-6-7-18(24-2)19(12-15)25-3/h5-7,11-13,23H,1,8-10,14H2,2-4H3/p+1. The first-order valence-corrected chi connectivity index (χ1v) is 9.13. The lowest BCUT2D eigenvalue weighted by Gasteiger charge is -2.13. The van der Waals surface area contributed by atoms with E-state index < -0.39 is 0 Å². The van der Waals surface area contributed by atoms with E-state index in [1.54, 1.807) is 27.4 Å². The van der Waals surface area contributed by atoms with Crippen LogP contribution in [-0.2, 0) is 13.0 Å². The summed E-state index contributed by atoms with van der Waals surface area (Å²) >= 11 is 6.34. The molecule has 0 fully saturated rings. The Morgan fingerprint density at radius 3 is 2.33 bits per heavy atom. The zero-order valence-corrected chi connectivity index (χ0v) is 16.8. The van der Waals surface area contributed by atoms with E-state index in [2.05, 4.69) is 18.0 Å². The summed E-state index contributed by atoms with van der Waals surface area (Å²) in [5.74, 6) is 2.67. The number of ether oxygens (including phenoxy) is 4. The lowest BCUT2D eigenvalue weighted by molar-refractivity contribution is -0.670. The van der Waals surface area contributed by atoms with Gasteiger partial charge in [0.1, 0.15) is 13.2 Å². The number of hydrogen-bond acceptors (Lipinski definition) is 4. The summed E-state index contributed by atoms with van der Waals surface area (Å²) in [6.45, 7) is 5.76. The molecule has 27 heavy (non-hydrogen) atoms. The monoisotopic (exact) mass is 392 g/mol. The van der Waals surface area contributed by atoms with Crippen LogP contribution >= 0.6 is 11.6 Å². The first-order chi connectivity index (χ1) is 13.1. The molecule has 0 aliphatic heterocycles. The third-order valence-electron chi connectivity index (χ3n) is 4.10. The van der Waals surface area contributed by atoms with E-state index in [4.69, 9.17) is 30.5 Å². The number of quaternary nitrogens is 1. The molecule has 0 bridgehead atoms. The van der Waals surface area contributed by atoms with Crippen LogP contribution in [0.1, 0.15) is 11.1 Å². The third kappa shape index (κ3) is 5.81. The molecule has 0 saturated heterocycles. The molecule has 0 atom stereocenters. The van der Waals surface area contributed by atoms with Crippen molar-refractivity contribution in [3.8, 4) is 23.0 Å². The summed E-state index contributed by atoms with van der Waals surface area (Å²) in [6, 6.07) is 9.87. The van der Waals surface area contributed by atoms with Gasteiger partial charge in [-0.1, -0.05) is 30.3 Å². The maximum Gasteiger partial charge on any atom is 0.180 e. The van der Waals surface area contributed by atoms with Crippen molar-refractivity contribution in [2.75, 3.05) is 34.5 Å². The maximum atomic E-state index is 6.34. The summed E-state index contributed by atoms with van der Waals surface area (Å²) in [6.07, 6.45) is 2.59. The van der Waals surface area contributed by atoms with Crippen LogP contribution in [0, 0.1) is 0 Å². The maximum absolute atomic E-state index is 6.34. The molecule has 2 aromatic rings. The minimum absolute atomic E-state index is 0.382. The van der Waals surface area contributed by atoms with Crippen LogP contribution in [-0.4, -0.2) is 34.5 Å². The molecule has 0 aromatic heterocycles. The second-order valence-corrected chi connectivity index (χ2v) is 6.34. The van der Waals surface area contributed by atoms with Crippen LogP contribution in [0.25, 0.3) is 0 Å². The lowest BCUT2D eigenvalue weighted by atomic mass is 10.1. The highest BCUT2D eigenvalue weighted by Gasteiger charge is 2.12. The van der Waals surface area contributed by atoms with Crippen molar-refractivity contribution in [2.45, 2.75) is 13.0 Å². The van der Waals surface area contributed by atoms with E-state index in [1.165, 1.54) is 5.56 Å². The molecule has 2 N–H and O–H groups in total. The number of halogens is 1. The normalized spacial score (nSPS) is 10.4. The molecular weight excluding hydrogens is 366 g/mol. The molecule has 2 aromatic carbocycles. The Labute approximate surface area is 165 Å². The van der Waals surface area contributed by atoms with Gasteiger partial charge < -0.3 is 24.3 Å². The van der Waals surface area contributed by atoms with Gasteiger partial charge in [-0.25, -0.2) is 0 Å². The van der Waals surface area contributed by atoms with Gasteiger partial charge in [-0.15, -0.1) is 0 Å². The van der Waals surface area contributed by atoms with Gasteiger partial charge in [0.2, 0.25) is 0 Å². The van der Waals surface area contributed by atoms with Crippen molar-refractivity contribution in [3.63, 3.8) is 0 Å². The molecule has 0 unspecified atom stereocenters. The first-order valence-electron chi connectivity index (χ1n) is 8.75. The summed E-state index contributed by atoms with van der Waals surface area (Å²) < 4.78 is 21.6. The van der Waals surface area contributed by atoms with E-state index >= 15 is 0 Å². The fourth-order valence-electron chi connectivity index (χ4n) is 2.75. The molecule has 0 heterocycles. The van der Waals surface area contributed by atoms with Crippen molar-refractivity contribution in [3.05, 3.63) is 59.1 Å². The highest BCUT2D eigenvalue weighted by Crippen LogP contribution is 2.36. The molecular formula is C21H27ClNO4+. The quantitative estimate of drug-likeness (QED) is 0.471. The molecule has 0 amide bonds. The summed E-state index contributed by atoms with van der Waals surface area (Å²) in [7, 11) is 4.89. The Hall–Kier alpha value is -2.37. The van der Waals surface area contributed by atoms with Crippen molar-refractivity contribution >= 4 is 11.6 Å². The molecule has 146 valence electrons. The van der Waals surface area contributed by atoms with Gasteiger partial charge in [-0.05, 0) is 29.8 Å². The lowest BCUT2D eigenvalue weighted by Crippen LogP contribution is -2.83. The molecule has 0 spiro atoms. The van der Waals surface area contributed by atoms with Gasteiger partial charge in [-0.2, -0.15) is 0 Å². The molecule has 0 saturated carbocycles. The van der Waals surface area contributed by atoms with Crippen LogP contribution < -0.4 is 24.3 Å². The predicted octanol–water partition coefficient (Wildman–Crippen LogP) is 3.24. The second kappa shape index (κ2) is 10.7. The largest absolute Gasteiger partial charge is 0.493 e. The second-order valence-electron chi connectivity index (χ2n) is 5.93. The van der Waals surface area contributed by atoms with E-state index in [1.807, 2.05) is 24.3 Å². The van der Waals surface area contributed by atoms with E-state index in [-0.39, 0.29) is 0 Å². The van der Waals surface area contributed by atoms with Gasteiger partial charge in [-0.3, -0.25) is 0 Å². The summed E-state index contributed by atoms with van der Waals surface area (Å²) in [4.78, 5) is 0. The summed E-state index contributed by atoms with van der Waals surface area (Å²) in [5.41, 5.74) is 2.28. The van der Waals surface area contributed by atoms with Gasteiger partial charge in [0, 0.05) is 12.0 Å². The SMILES string of the molecule is C=CCOc1c(Cl)cc(C[NH2+]CCc2ccc(OC)c(OC)c2)cc1OC. The number of benzene rings is 2. The zero-order chi connectivity index (χ0) is 19.6. The van der Waals surface area contributed by atoms with Crippen LogP contribution in [0.5, 0.6) is 23.0 Å². The number of methoxy groups -OCH3 is 3. The van der Waals surface area contributed by atoms with Gasteiger partial charge in [0.25, 0.3) is 0 Å². The Morgan fingerprint density at radius 1 is 0.963 bits per heavy atom. The van der Waals surface area contributed by atoms with Gasteiger partial charge in [0.05, 0.1) is 32.9 Å². The minimum atomic E-state index is 0.382. The predicted molar refractivity (Wildman–Crippen MR) is 107 cm³/mol. The highest BCUT2D eigenvalue weighted by atomic mass is 35.5. The first kappa shape index (κ1) is 20.9. The molecule has 0 aliphatic carbocycles. The van der Waals surface area contributed by atoms with Gasteiger partial charge >= 0.3 is 0 Å².